The molecule has 1 aliphatic carbocycles. The second-order valence-electron chi connectivity index (χ2n) is 5.01. The van der Waals surface area contributed by atoms with E-state index in [1.807, 2.05) is 12.1 Å². The van der Waals surface area contributed by atoms with E-state index < -0.39 is 0 Å². The maximum Gasteiger partial charge on any atom is 0.117 e. The third-order valence-electron chi connectivity index (χ3n) is 3.86. The van der Waals surface area contributed by atoms with Gasteiger partial charge < -0.3 is 9.73 Å². The molecule has 1 aliphatic rings. The zero-order valence-corrected chi connectivity index (χ0v) is 10.2. The van der Waals surface area contributed by atoms with Crippen molar-refractivity contribution in [2.45, 2.75) is 45.6 Å². The van der Waals surface area contributed by atoms with Crippen LogP contribution in [0.4, 0.5) is 0 Å². The van der Waals surface area contributed by atoms with Gasteiger partial charge in [-0.2, -0.15) is 0 Å². The summed E-state index contributed by atoms with van der Waals surface area (Å²) in [6.45, 7) is 4.35. The highest BCUT2D eigenvalue weighted by atomic mass is 16.3. The molecule has 1 N–H and O–H groups in total. The van der Waals surface area contributed by atoms with Gasteiger partial charge in [0.15, 0.2) is 0 Å². The predicted octanol–water partition coefficient (Wildman–Crippen LogP) is 3.59. The Kier molecular flexibility index (Phi) is 4.46. The summed E-state index contributed by atoms with van der Waals surface area (Å²) in [4.78, 5) is 0. The van der Waals surface area contributed by atoms with Crippen molar-refractivity contribution in [1.82, 2.24) is 5.32 Å². The Morgan fingerprint density at radius 1 is 1.25 bits per heavy atom. The molecule has 1 saturated carbocycles. The van der Waals surface area contributed by atoms with E-state index in [2.05, 4.69) is 12.2 Å². The molecule has 0 atom stereocenters. The van der Waals surface area contributed by atoms with Gasteiger partial charge in [-0.3, -0.25) is 0 Å². The molecule has 16 heavy (non-hydrogen) atoms. The van der Waals surface area contributed by atoms with Crippen molar-refractivity contribution in [3.05, 3.63) is 24.2 Å². The average Bonchev–Trinajstić information content (AvgIpc) is 2.83. The van der Waals surface area contributed by atoms with Crippen LogP contribution in [0.2, 0.25) is 0 Å². The molecular formula is C14H23NO. The van der Waals surface area contributed by atoms with Crippen LogP contribution in [-0.4, -0.2) is 6.54 Å². The fourth-order valence-electron chi connectivity index (χ4n) is 2.66. The Hall–Kier alpha value is -0.760. The second-order valence-corrected chi connectivity index (χ2v) is 5.01. The molecule has 90 valence electrons. The van der Waals surface area contributed by atoms with E-state index in [0.717, 1.165) is 30.7 Å². The van der Waals surface area contributed by atoms with Crippen molar-refractivity contribution in [3.8, 4) is 0 Å². The number of hydrogen-bond acceptors (Lipinski definition) is 2. The zero-order chi connectivity index (χ0) is 11.2. The van der Waals surface area contributed by atoms with Gasteiger partial charge in [0.2, 0.25) is 0 Å². The first kappa shape index (κ1) is 11.7. The summed E-state index contributed by atoms with van der Waals surface area (Å²) < 4.78 is 5.29. The molecule has 0 radical (unpaired) electrons. The average molecular weight is 221 g/mol. The van der Waals surface area contributed by atoms with Gasteiger partial charge in [0.25, 0.3) is 0 Å². The minimum atomic E-state index is 0.876. The Bertz CT molecular complexity index is 273. The Morgan fingerprint density at radius 2 is 2.00 bits per heavy atom. The Labute approximate surface area is 98.4 Å². The van der Waals surface area contributed by atoms with Crippen LogP contribution in [0.5, 0.6) is 0 Å². The standard InChI is InChI=1S/C14H23NO/c1-2-12-5-7-13(8-6-12)10-15-11-14-4-3-9-16-14/h3-4,9,12-13,15H,2,5-8,10-11H2,1H3. The smallest absolute Gasteiger partial charge is 0.117 e. The molecule has 1 heterocycles. The first-order chi connectivity index (χ1) is 7.88. The van der Waals surface area contributed by atoms with E-state index in [1.165, 1.54) is 32.1 Å². The summed E-state index contributed by atoms with van der Waals surface area (Å²) >= 11 is 0. The van der Waals surface area contributed by atoms with Crippen LogP contribution in [0, 0.1) is 11.8 Å². The van der Waals surface area contributed by atoms with Gasteiger partial charge in [0, 0.05) is 0 Å². The molecule has 1 aromatic rings. The second kappa shape index (κ2) is 6.09. The quantitative estimate of drug-likeness (QED) is 0.822. The summed E-state index contributed by atoms with van der Waals surface area (Å²) in [6.07, 6.45) is 8.79. The molecule has 0 unspecified atom stereocenters. The van der Waals surface area contributed by atoms with Gasteiger partial charge in [0.1, 0.15) is 5.76 Å². The monoisotopic (exact) mass is 221 g/mol. The van der Waals surface area contributed by atoms with E-state index in [-0.39, 0.29) is 0 Å². The number of nitrogens with one attached hydrogen (secondary N) is 1. The SMILES string of the molecule is CCC1CCC(CNCc2ccco2)CC1. The number of hydrogen-bond donors (Lipinski definition) is 1. The topological polar surface area (TPSA) is 25.2 Å². The van der Waals surface area contributed by atoms with E-state index in [9.17, 15) is 0 Å². The van der Waals surface area contributed by atoms with Crippen molar-refractivity contribution < 1.29 is 4.42 Å². The summed E-state index contributed by atoms with van der Waals surface area (Å²) in [5, 5.41) is 3.50. The van der Waals surface area contributed by atoms with Gasteiger partial charge in [-0.15, -0.1) is 0 Å². The molecule has 0 bridgehead atoms. The molecule has 1 aromatic heterocycles. The van der Waals surface area contributed by atoms with Gasteiger partial charge in [-0.1, -0.05) is 26.2 Å². The highest BCUT2D eigenvalue weighted by Crippen LogP contribution is 2.30. The highest BCUT2D eigenvalue weighted by Gasteiger charge is 2.19. The minimum absolute atomic E-state index is 0.876. The summed E-state index contributed by atoms with van der Waals surface area (Å²) in [6, 6.07) is 3.98. The summed E-state index contributed by atoms with van der Waals surface area (Å²) in [5.41, 5.74) is 0. The maximum atomic E-state index is 5.29. The molecule has 2 heteroatoms. The lowest BCUT2D eigenvalue weighted by atomic mass is 9.81. The first-order valence-electron chi connectivity index (χ1n) is 6.61. The molecule has 0 saturated heterocycles. The van der Waals surface area contributed by atoms with Gasteiger partial charge >= 0.3 is 0 Å². The molecule has 1 fully saturated rings. The number of rotatable bonds is 5. The van der Waals surface area contributed by atoms with Crippen LogP contribution in [-0.2, 0) is 6.54 Å². The molecule has 0 spiro atoms. The molecule has 0 amide bonds. The molecule has 0 aromatic carbocycles. The lowest BCUT2D eigenvalue weighted by molar-refractivity contribution is 0.261. The Balaban J connectivity index is 1.60. The molecule has 2 nitrogen and oxygen atoms in total. The minimum Gasteiger partial charge on any atom is -0.468 e. The fraction of sp³-hybridized carbons (Fsp3) is 0.714. The van der Waals surface area contributed by atoms with Crippen molar-refractivity contribution in [3.63, 3.8) is 0 Å². The van der Waals surface area contributed by atoms with Gasteiger partial charge in [-0.25, -0.2) is 0 Å². The normalized spacial score (nSPS) is 25.8. The zero-order valence-electron chi connectivity index (χ0n) is 10.2. The molecule has 2 rings (SSSR count). The summed E-state index contributed by atoms with van der Waals surface area (Å²) in [5.74, 6) is 2.93. The van der Waals surface area contributed by atoms with Crippen LogP contribution < -0.4 is 5.32 Å². The third kappa shape index (κ3) is 3.38. The van der Waals surface area contributed by atoms with Crippen LogP contribution in [0.25, 0.3) is 0 Å². The van der Waals surface area contributed by atoms with E-state index in [0.29, 0.717) is 0 Å². The summed E-state index contributed by atoms with van der Waals surface area (Å²) in [7, 11) is 0. The lowest BCUT2D eigenvalue weighted by Gasteiger charge is -2.27. The van der Waals surface area contributed by atoms with Crippen molar-refractivity contribution in [1.29, 1.82) is 0 Å². The van der Waals surface area contributed by atoms with E-state index in [1.54, 1.807) is 6.26 Å². The largest absolute Gasteiger partial charge is 0.468 e. The maximum absolute atomic E-state index is 5.29. The Morgan fingerprint density at radius 3 is 2.62 bits per heavy atom. The van der Waals surface area contributed by atoms with E-state index >= 15 is 0 Å². The van der Waals surface area contributed by atoms with Gasteiger partial charge in [0.05, 0.1) is 12.8 Å². The van der Waals surface area contributed by atoms with Crippen molar-refractivity contribution >= 4 is 0 Å². The predicted molar refractivity (Wildman–Crippen MR) is 66.2 cm³/mol. The van der Waals surface area contributed by atoms with Crippen LogP contribution in [0.3, 0.4) is 0 Å². The first-order valence-corrected chi connectivity index (χ1v) is 6.61. The van der Waals surface area contributed by atoms with Crippen LogP contribution in [0.15, 0.2) is 22.8 Å². The van der Waals surface area contributed by atoms with Crippen LogP contribution >= 0.6 is 0 Å². The number of furan rings is 1. The van der Waals surface area contributed by atoms with Crippen LogP contribution in [0.1, 0.15) is 44.8 Å². The third-order valence-corrected chi connectivity index (χ3v) is 3.86. The van der Waals surface area contributed by atoms with Gasteiger partial charge in [-0.05, 0) is 43.4 Å². The van der Waals surface area contributed by atoms with E-state index in [4.69, 9.17) is 4.42 Å². The fourth-order valence-corrected chi connectivity index (χ4v) is 2.66. The molecule has 0 aliphatic heterocycles. The van der Waals surface area contributed by atoms with Crippen molar-refractivity contribution in [2.75, 3.05) is 6.54 Å². The lowest BCUT2D eigenvalue weighted by Crippen LogP contribution is -2.26. The van der Waals surface area contributed by atoms with Crippen molar-refractivity contribution in [2.24, 2.45) is 11.8 Å². The molecular weight excluding hydrogens is 198 g/mol. The highest BCUT2D eigenvalue weighted by molar-refractivity contribution is 4.97.